The van der Waals surface area contributed by atoms with Gasteiger partial charge in [0, 0.05) is 12.1 Å². The van der Waals surface area contributed by atoms with Crippen LogP contribution in [0.25, 0.3) is 0 Å². The quantitative estimate of drug-likeness (QED) is 0.629. The lowest BCUT2D eigenvalue weighted by Crippen LogP contribution is -2.46. The number of hydrogen-bond donors (Lipinski definition) is 0. The second kappa shape index (κ2) is 3.77. The summed E-state index contributed by atoms with van der Waals surface area (Å²) in [5.41, 5.74) is 0. The van der Waals surface area contributed by atoms with Crippen molar-refractivity contribution in [3.8, 4) is 0 Å². The maximum atomic E-state index is 11.5. The highest BCUT2D eigenvalue weighted by Crippen LogP contribution is 2.45. The summed E-state index contributed by atoms with van der Waals surface area (Å²) in [4.78, 5) is 0. The lowest BCUT2D eigenvalue weighted by molar-refractivity contribution is 0.165. The Morgan fingerprint density at radius 2 is 1.36 bits per heavy atom. The van der Waals surface area contributed by atoms with Gasteiger partial charge in [0.15, 0.2) is 0 Å². The van der Waals surface area contributed by atoms with Crippen molar-refractivity contribution in [3.63, 3.8) is 0 Å². The molecule has 0 aromatic rings. The molecule has 2 rings (SSSR count). The molecule has 0 aromatic heterocycles. The monoisotopic (exact) mass is 198 g/mol. The molecule has 0 radical (unpaired) electrons. The fraction of sp³-hybridized carbons (Fsp3) is 1.00. The van der Waals surface area contributed by atoms with Gasteiger partial charge in [-0.25, -0.2) is 0 Å². The standard InChI is InChI=1S/C10H18N2O2/c1-11(13)9-7-4-3-5-8(6-7)10(9)12(2)14/h7-10H,3-6H2,1-2H3/q-2. The maximum absolute atomic E-state index is 11.5. The Kier molecular flexibility index (Phi) is 2.79. The van der Waals surface area contributed by atoms with Gasteiger partial charge in [0.05, 0.1) is 0 Å². The molecule has 0 N–H and O–H groups in total. The first-order valence-corrected chi connectivity index (χ1v) is 5.41. The van der Waals surface area contributed by atoms with Gasteiger partial charge in [0.25, 0.3) is 0 Å². The molecule has 0 aromatic carbocycles. The number of likely N-dealkylation sites (N-methyl/N-ethyl adjacent to an activating group) is 2. The zero-order chi connectivity index (χ0) is 10.3. The average molecular weight is 198 g/mol. The summed E-state index contributed by atoms with van der Waals surface area (Å²) in [5, 5.41) is 24.9. The fourth-order valence-electron chi connectivity index (χ4n) is 3.47. The molecule has 0 saturated heterocycles. The highest BCUT2D eigenvalue weighted by molar-refractivity contribution is 5.03. The molecule has 2 aliphatic rings. The van der Waals surface area contributed by atoms with Gasteiger partial charge in [-0.05, 0) is 45.2 Å². The van der Waals surface area contributed by atoms with E-state index in [1.807, 2.05) is 0 Å². The highest BCUT2D eigenvalue weighted by Gasteiger charge is 2.44. The minimum absolute atomic E-state index is 0.0648. The molecule has 2 saturated carbocycles. The normalized spacial score (nSPS) is 42.4. The van der Waals surface area contributed by atoms with Crippen molar-refractivity contribution in [1.29, 1.82) is 0 Å². The molecule has 0 heterocycles. The van der Waals surface area contributed by atoms with E-state index in [0.717, 1.165) is 29.4 Å². The van der Waals surface area contributed by atoms with Gasteiger partial charge < -0.3 is 20.5 Å². The number of hydroxylamine groups is 4. The summed E-state index contributed by atoms with van der Waals surface area (Å²) >= 11 is 0. The predicted molar refractivity (Wildman–Crippen MR) is 55.3 cm³/mol. The van der Waals surface area contributed by atoms with Gasteiger partial charge in [0.1, 0.15) is 0 Å². The van der Waals surface area contributed by atoms with Crippen LogP contribution in [0.3, 0.4) is 0 Å². The van der Waals surface area contributed by atoms with Crippen molar-refractivity contribution in [3.05, 3.63) is 10.4 Å². The summed E-state index contributed by atoms with van der Waals surface area (Å²) in [5.74, 6) is 0.912. The van der Waals surface area contributed by atoms with Crippen LogP contribution >= 0.6 is 0 Å². The number of hydrogen-bond acceptors (Lipinski definition) is 4. The zero-order valence-electron chi connectivity index (χ0n) is 8.85. The van der Waals surface area contributed by atoms with Gasteiger partial charge in [-0.1, -0.05) is 6.42 Å². The van der Waals surface area contributed by atoms with E-state index in [1.54, 1.807) is 14.1 Å². The van der Waals surface area contributed by atoms with Gasteiger partial charge >= 0.3 is 0 Å². The Bertz CT molecular complexity index is 188. The second-order valence-corrected chi connectivity index (χ2v) is 4.76. The first kappa shape index (κ1) is 10.4. The van der Waals surface area contributed by atoms with Crippen LogP contribution in [0.1, 0.15) is 25.7 Å². The molecule has 0 amide bonds. The lowest BCUT2D eigenvalue weighted by Gasteiger charge is -2.44. The van der Waals surface area contributed by atoms with E-state index in [1.165, 1.54) is 6.42 Å². The maximum Gasteiger partial charge on any atom is 0.0153 e. The molecule has 4 unspecified atom stereocenters. The highest BCUT2D eigenvalue weighted by atomic mass is 16.5. The molecule has 4 atom stereocenters. The molecule has 82 valence electrons. The molecule has 4 nitrogen and oxygen atoms in total. The topological polar surface area (TPSA) is 52.6 Å². The molecular formula is C10H18N2O2-2. The molecule has 4 heteroatoms. The van der Waals surface area contributed by atoms with Crippen LogP contribution in [0.4, 0.5) is 0 Å². The van der Waals surface area contributed by atoms with E-state index in [4.69, 9.17) is 0 Å². The van der Waals surface area contributed by atoms with Crippen LogP contribution in [-0.4, -0.2) is 36.3 Å². The third-order valence-corrected chi connectivity index (χ3v) is 3.91. The first-order chi connectivity index (χ1) is 6.61. The third kappa shape index (κ3) is 1.56. The van der Waals surface area contributed by atoms with Crippen LogP contribution in [0.15, 0.2) is 0 Å². The minimum Gasteiger partial charge on any atom is -0.785 e. The van der Waals surface area contributed by atoms with Crippen molar-refractivity contribution >= 4 is 0 Å². The Balaban J connectivity index is 2.18. The van der Waals surface area contributed by atoms with Crippen LogP contribution < -0.4 is 0 Å². The van der Waals surface area contributed by atoms with Crippen molar-refractivity contribution in [2.24, 2.45) is 11.8 Å². The zero-order valence-corrected chi connectivity index (χ0v) is 8.85. The molecule has 2 bridgehead atoms. The molecule has 2 fully saturated rings. The smallest absolute Gasteiger partial charge is 0.0153 e. The number of rotatable bonds is 2. The Hall–Kier alpha value is -0.160. The summed E-state index contributed by atoms with van der Waals surface area (Å²) in [7, 11) is 3.11. The second-order valence-electron chi connectivity index (χ2n) is 4.76. The van der Waals surface area contributed by atoms with Crippen LogP contribution in [0.2, 0.25) is 0 Å². The fourth-order valence-corrected chi connectivity index (χ4v) is 3.47. The summed E-state index contributed by atoms with van der Waals surface area (Å²) in [6.07, 6.45) is 4.51. The lowest BCUT2D eigenvalue weighted by atomic mass is 9.88. The Labute approximate surface area is 85.0 Å². The van der Waals surface area contributed by atoms with Crippen molar-refractivity contribution < 1.29 is 0 Å². The van der Waals surface area contributed by atoms with Crippen molar-refractivity contribution in [2.45, 2.75) is 37.8 Å². The molecule has 14 heavy (non-hydrogen) atoms. The van der Waals surface area contributed by atoms with Crippen LogP contribution in [0.5, 0.6) is 0 Å². The minimum atomic E-state index is -0.0648. The van der Waals surface area contributed by atoms with E-state index in [9.17, 15) is 10.4 Å². The average Bonchev–Trinajstić information content (AvgIpc) is 2.37. The Morgan fingerprint density at radius 3 is 1.71 bits per heavy atom. The summed E-state index contributed by atoms with van der Waals surface area (Å²) in [6, 6.07) is -0.130. The van der Waals surface area contributed by atoms with E-state index in [0.29, 0.717) is 11.8 Å². The molecule has 0 aliphatic heterocycles. The molecule has 0 spiro atoms. The van der Waals surface area contributed by atoms with Crippen LogP contribution in [-0.2, 0) is 0 Å². The first-order valence-electron chi connectivity index (χ1n) is 5.41. The van der Waals surface area contributed by atoms with E-state index < -0.39 is 0 Å². The summed E-state index contributed by atoms with van der Waals surface area (Å²) < 4.78 is 0. The van der Waals surface area contributed by atoms with Crippen molar-refractivity contribution in [1.82, 2.24) is 10.1 Å². The van der Waals surface area contributed by atoms with Crippen molar-refractivity contribution in [2.75, 3.05) is 14.1 Å². The van der Waals surface area contributed by atoms with Gasteiger partial charge in [-0.3, -0.25) is 0 Å². The van der Waals surface area contributed by atoms with E-state index in [-0.39, 0.29) is 12.1 Å². The largest absolute Gasteiger partial charge is 0.785 e. The van der Waals surface area contributed by atoms with E-state index in [2.05, 4.69) is 0 Å². The predicted octanol–water partition coefficient (Wildman–Crippen LogP) is 1.40. The molecular weight excluding hydrogens is 180 g/mol. The van der Waals surface area contributed by atoms with Crippen LogP contribution in [0, 0.1) is 22.3 Å². The number of fused-ring (bicyclic) bond motifs is 2. The molecule has 2 aliphatic carbocycles. The van der Waals surface area contributed by atoms with Gasteiger partial charge in [-0.2, -0.15) is 0 Å². The van der Waals surface area contributed by atoms with Gasteiger partial charge in [-0.15, -0.1) is 0 Å². The third-order valence-electron chi connectivity index (χ3n) is 3.91. The Morgan fingerprint density at radius 1 is 0.929 bits per heavy atom. The number of nitrogens with zero attached hydrogens (tertiary/aromatic N) is 2. The summed E-state index contributed by atoms with van der Waals surface area (Å²) in [6.45, 7) is 0. The van der Waals surface area contributed by atoms with Gasteiger partial charge in [0.2, 0.25) is 0 Å². The van der Waals surface area contributed by atoms with E-state index >= 15 is 0 Å². The SMILES string of the molecule is CN([O-])C1C2CCCC(C2)C1N(C)[O-].